The Morgan fingerprint density at radius 2 is 1.92 bits per heavy atom. The molecule has 0 aliphatic carbocycles. The van der Waals surface area contributed by atoms with Crippen molar-refractivity contribution in [2.24, 2.45) is 0 Å². The van der Waals surface area contributed by atoms with Gasteiger partial charge in [0.15, 0.2) is 5.75 Å². The number of rotatable bonds is 3. The van der Waals surface area contributed by atoms with Crippen molar-refractivity contribution in [2.45, 2.75) is 32.8 Å². The van der Waals surface area contributed by atoms with Gasteiger partial charge in [-0.05, 0) is 33.3 Å². The van der Waals surface area contributed by atoms with Crippen LogP contribution in [0.3, 0.4) is 0 Å². The van der Waals surface area contributed by atoms with Crippen molar-refractivity contribution in [1.29, 1.82) is 0 Å². The minimum atomic E-state index is -0.519. The first kappa shape index (κ1) is 18.8. The third kappa shape index (κ3) is 4.98. The molecule has 1 aliphatic rings. The van der Waals surface area contributed by atoms with Crippen LogP contribution in [0.15, 0.2) is 18.2 Å². The quantitative estimate of drug-likeness (QED) is 0.615. The summed E-state index contributed by atoms with van der Waals surface area (Å²) in [5.41, 5.74) is 0.263. The fraction of sp³-hybridized carbons (Fsp3) is 0.588. The summed E-state index contributed by atoms with van der Waals surface area (Å²) in [4.78, 5) is 26.6. The molecular weight excluding hydrogens is 326 g/mol. The molecule has 1 aromatic rings. The van der Waals surface area contributed by atoms with Crippen LogP contribution in [0.4, 0.5) is 16.2 Å². The molecule has 0 saturated carbocycles. The molecular formula is C17H25N3O5. The molecule has 0 aromatic heterocycles. The van der Waals surface area contributed by atoms with Crippen LogP contribution in [-0.2, 0) is 4.74 Å². The molecule has 2 rings (SSSR count). The summed E-state index contributed by atoms with van der Waals surface area (Å²) >= 11 is 0. The van der Waals surface area contributed by atoms with Gasteiger partial charge < -0.3 is 19.3 Å². The minimum absolute atomic E-state index is 0.0588. The number of carbonyl (C=O) groups excluding carboxylic acids is 1. The van der Waals surface area contributed by atoms with E-state index in [1.807, 2.05) is 20.8 Å². The molecule has 138 valence electrons. The van der Waals surface area contributed by atoms with Gasteiger partial charge in [-0.2, -0.15) is 0 Å². The van der Waals surface area contributed by atoms with Crippen LogP contribution in [0.25, 0.3) is 0 Å². The van der Waals surface area contributed by atoms with Crippen molar-refractivity contribution in [1.82, 2.24) is 4.90 Å². The van der Waals surface area contributed by atoms with Crippen LogP contribution in [-0.4, -0.2) is 54.8 Å². The van der Waals surface area contributed by atoms with Crippen molar-refractivity contribution in [3.63, 3.8) is 0 Å². The van der Waals surface area contributed by atoms with E-state index in [2.05, 4.69) is 4.90 Å². The van der Waals surface area contributed by atoms with Gasteiger partial charge in [-0.1, -0.05) is 0 Å². The number of nitrogens with zero attached hydrogens (tertiary/aromatic N) is 3. The Morgan fingerprint density at radius 1 is 1.20 bits per heavy atom. The lowest BCUT2D eigenvalue weighted by Crippen LogP contribution is -2.39. The van der Waals surface area contributed by atoms with E-state index in [0.717, 1.165) is 18.7 Å². The van der Waals surface area contributed by atoms with Gasteiger partial charge in [0, 0.05) is 44.0 Å². The predicted molar refractivity (Wildman–Crippen MR) is 94.3 cm³/mol. The van der Waals surface area contributed by atoms with Crippen LogP contribution in [0.5, 0.6) is 5.75 Å². The normalized spacial score (nSPS) is 15.5. The number of hydrogen-bond acceptors (Lipinski definition) is 6. The van der Waals surface area contributed by atoms with E-state index in [9.17, 15) is 14.9 Å². The molecule has 0 N–H and O–H groups in total. The van der Waals surface area contributed by atoms with Crippen LogP contribution in [0.2, 0.25) is 0 Å². The van der Waals surface area contributed by atoms with E-state index in [4.69, 9.17) is 9.47 Å². The molecule has 0 bridgehead atoms. The predicted octanol–water partition coefficient (Wildman–Crippen LogP) is 3.05. The third-order valence-corrected chi connectivity index (χ3v) is 3.87. The van der Waals surface area contributed by atoms with Crippen molar-refractivity contribution >= 4 is 17.5 Å². The summed E-state index contributed by atoms with van der Waals surface area (Å²) in [6.45, 7) is 8.07. The lowest BCUT2D eigenvalue weighted by Gasteiger charge is -2.27. The molecule has 0 unspecified atom stereocenters. The number of nitro groups is 1. The number of ether oxygens (including phenoxy) is 2. The fourth-order valence-electron chi connectivity index (χ4n) is 2.70. The third-order valence-electron chi connectivity index (χ3n) is 3.87. The molecule has 8 heteroatoms. The first-order valence-electron chi connectivity index (χ1n) is 8.26. The van der Waals surface area contributed by atoms with Gasteiger partial charge in [-0.3, -0.25) is 10.1 Å². The Kier molecular flexibility index (Phi) is 5.71. The molecule has 1 heterocycles. The van der Waals surface area contributed by atoms with Crippen LogP contribution >= 0.6 is 0 Å². The summed E-state index contributed by atoms with van der Waals surface area (Å²) < 4.78 is 10.6. The van der Waals surface area contributed by atoms with Gasteiger partial charge in [0.1, 0.15) is 5.60 Å². The average molecular weight is 351 g/mol. The fourth-order valence-corrected chi connectivity index (χ4v) is 2.70. The Morgan fingerprint density at radius 3 is 2.52 bits per heavy atom. The zero-order chi connectivity index (χ0) is 18.6. The second kappa shape index (κ2) is 7.58. The van der Waals surface area contributed by atoms with Gasteiger partial charge >= 0.3 is 11.8 Å². The first-order chi connectivity index (χ1) is 11.7. The van der Waals surface area contributed by atoms with Gasteiger partial charge in [0.05, 0.1) is 12.0 Å². The number of carbonyl (C=O) groups is 1. The molecule has 1 amide bonds. The van der Waals surface area contributed by atoms with E-state index in [-0.39, 0.29) is 17.5 Å². The largest absolute Gasteiger partial charge is 0.490 e. The highest BCUT2D eigenvalue weighted by molar-refractivity contribution is 5.68. The standard InChI is InChI=1S/C17H25N3O5/c1-17(2,3)25-16(21)19-9-5-8-18(10-11-19)13-6-7-14(20(22)23)15(12-13)24-4/h6-7,12H,5,8-11H2,1-4H3. The van der Waals surface area contributed by atoms with Gasteiger partial charge in [-0.15, -0.1) is 0 Å². The van der Waals surface area contributed by atoms with Gasteiger partial charge in [-0.25, -0.2) is 4.79 Å². The van der Waals surface area contributed by atoms with E-state index in [1.165, 1.54) is 13.2 Å². The molecule has 0 atom stereocenters. The Labute approximate surface area is 147 Å². The van der Waals surface area contributed by atoms with Gasteiger partial charge in [0.25, 0.3) is 0 Å². The Bertz CT molecular complexity index is 642. The Balaban J connectivity index is 2.08. The van der Waals surface area contributed by atoms with Crippen LogP contribution < -0.4 is 9.64 Å². The number of anilines is 1. The second-order valence-electron chi connectivity index (χ2n) is 6.92. The molecule has 8 nitrogen and oxygen atoms in total. The maximum absolute atomic E-state index is 12.2. The van der Waals surface area contributed by atoms with Crippen molar-refractivity contribution in [3.8, 4) is 5.75 Å². The summed E-state index contributed by atoms with van der Waals surface area (Å²) in [6, 6.07) is 4.83. The monoisotopic (exact) mass is 351 g/mol. The van der Waals surface area contributed by atoms with Crippen molar-refractivity contribution < 1.29 is 19.2 Å². The highest BCUT2D eigenvalue weighted by atomic mass is 16.6. The van der Waals surface area contributed by atoms with E-state index in [0.29, 0.717) is 19.6 Å². The highest BCUT2D eigenvalue weighted by Crippen LogP contribution is 2.31. The topological polar surface area (TPSA) is 85.2 Å². The number of amides is 1. The number of benzene rings is 1. The molecule has 1 aromatic carbocycles. The summed E-state index contributed by atoms with van der Waals surface area (Å²) in [6.07, 6.45) is 0.481. The molecule has 25 heavy (non-hydrogen) atoms. The summed E-state index contributed by atoms with van der Waals surface area (Å²) in [7, 11) is 1.42. The van der Waals surface area contributed by atoms with E-state index >= 15 is 0 Å². The zero-order valence-electron chi connectivity index (χ0n) is 15.2. The number of nitro benzene ring substituents is 1. The molecule has 0 radical (unpaired) electrons. The molecule has 1 aliphatic heterocycles. The maximum atomic E-state index is 12.2. The number of hydrogen-bond donors (Lipinski definition) is 0. The van der Waals surface area contributed by atoms with Crippen molar-refractivity contribution in [3.05, 3.63) is 28.3 Å². The molecule has 1 saturated heterocycles. The minimum Gasteiger partial charge on any atom is -0.490 e. The van der Waals surface area contributed by atoms with E-state index in [1.54, 1.807) is 17.0 Å². The summed E-state index contributed by atoms with van der Waals surface area (Å²) in [5, 5.41) is 11.0. The number of methoxy groups -OCH3 is 1. The SMILES string of the molecule is COc1cc(N2CCCN(C(=O)OC(C)(C)C)CC2)ccc1[N+](=O)[O-]. The van der Waals surface area contributed by atoms with Gasteiger partial charge in [0.2, 0.25) is 0 Å². The maximum Gasteiger partial charge on any atom is 0.410 e. The smallest absolute Gasteiger partial charge is 0.410 e. The lowest BCUT2D eigenvalue weighted by atomic mass is 10.2. The lowest BCUT2D eigenvalue weighted by molar-refractivity contribution is -0.385. The highest BCUT2D eigenvalue weighted by Gasteiger charge is 2.25. The van der Waals surface area contributed by atoms with Crippen LogP contribution in [0, 0.1) is 10.1 Å². The second-order valence-corrected chi connectivity index (χ2v) is 6.92. The first-order valence-corrected chi connectivity index (χ1v) is 8.26. The average Bonchev–Trinajstić information content (AvgIpc) is 2.78. The van der Waals surface area contributed by atoms with E-state index < -0.39 is 10.5 Å². The van der Waals surface area contributed by atoms with Crippen molar-refractivity contribution in [2.75, 3.05) is 38.2 Å². The Hall–Kier alpha value is -2.51. The summed E-state index contributed by atoms with van der Waals surface area (Å²) in [5.74, 6) is 0.232. The van der Waals surface area contributed by atoms with Crippen LogP contribution in [0.1, 0.15) is 27.2 Å². The zero-order valence-corrected chi connectivity index (χ0v) is 15.2. The molecule has 0 spiro atoms. The molecule has 1 fully saturated rings.